The number of carboxylic acid groups (broad SMARTS) is 2. The van der Waals surface area contributed by atoms with Gasteiger partial charge in [0, 0.05) is 74.9 Å². The zero-order chi connectivity index (χ0) is 57.2. The molecule has 0 spiro atoms. The number of fused-ring (bicyclic) bond motifs is 1. The van der Waals surface area contributed by atoms with Crippen LogP contribution in [0.3, 0.4) is 0 Å². The van der Waals surface area contributed by atoms with Gasteiger partial charge in [-0.25, -0.2) is 14.4 Å². The number of aliphatic hydroxyl groups excluding tert-OH is 1. The van der Waals surface area contributed by atoms with Gasteiger partial charge in [0.05, 0.1) is 23.7 Å². The molecule has 2 atom stereocenters. The zero-order valence-corrected chi connectivity index (χ0v) is 42.2. The Kier molecular flexibility index (Phi) is 21.9. The SMILES string of the molecule is C[C@@H](Cc1cccc(CNC(=O)Cc2ccc(N(C)C(=O)CCN3CCC(OC(=O)Nc4ccccc4-c4ccccc4)CC3)cc2)c1)NC[C@H](O)c1ccc(O)c2[nH]c(=O)ccc12.O=C(O)C(F)(F)F.O=C(O)C(F)(F)F. The van der Waals surface area contributed by atoms with Crippen molar-refractivity contribution in [1.82, 2.24) is 20.5 Å². The van der Waals surface area contributed by atoms with Crippen molar-refractivity contribution in [3.63, 3.8) is 0 Å². The van der Waals surface area contributed by atoms with E-state index in [1.165, 1.54) is 12.1 Å². The molecule has 0 aliphatic carbocycles. The van der Waals surface area contributed by atoms with Crippen LogP contribution in [-0.2, 0) is 43.3 Å². The largest absolute Gasteiger partial charge is 0.506 e. The van der Waals surface area contributed by atoms with Crippen molar-refractivity contribution in [2.24, 2.45) is 0 Å². The summed E-state index contributed by atoms with van der Waals surface area (Å²) in [6, 6.07) is 39.2. The first-order chi connectivity index (χ1) is 36.9. The first kappa shape index (κ1) is 60.6. The molecule has 0 unspecified atom stereocenters. The maximum atomic E-state index is 13.2. The van der Waals surface area contributed by atoms with Crippen LogP contribution >= 0.6 is 0 Å². The number of pyridine rings is 1. The number of hydrogen-bond acceptors (Lipinski definition) is 11. The van der Waals surface area contributed by atoms with Crippen molar-refractivity contribution in [2.75, 3.05) is 43.4 Å². The fourth-order valence-corrected chi connectivity index (χ4v) is 8.12. The Labute approximate surface area is 443 Å². The summed E-state index contributed by atoms with van der Waals surface area (Å²) in [7, 11) is 1.76. The first-order valence-corrected chi connectivity index (χ1v) is 24.3. The van der Waals surface area contributed by atoms with E-state index in [0.717, 1.165) is 46.6 Å². The fraction of sp³-hybridized carbons (Fsp3) is 0.309. The van der Waals surface area contributed by atoms with E-state index in [2.05, 4.69) is 31.9 Å². The number of alkyl halides is 6. The number of aromatic nitrogens is 1. The Morgan fingerprint density at radius 1 is 0.782 bits per heavy atom. The van der Waals surface area contributed by atoms with E-state index in [0.29, 0.717) is 60.9 Å². The van der Waals surface area contributed by atoms with Crippen LogP contribution in [0.5, 0.6) is 5.75 Å². The van der Waals surface area contributed by atoms with Crippen molar-refractivity contribution >= 4 is 52.1 Å². The van der Waals surface area contributed by atoms with Crippen molar-refractivity contribution in [1.29, 1.82) is 0 Å². The molecule has 2 heterocycles. The second kappa shape index (κ2) is 28.2. The maximum Gasteiger partial charge on any atom is 0.490 e. The van der Waals surface area contributed by atoms with Gasteiger partial charge in [-0.2, -0.15) is 26.3 Å². The summed E-state index contributed by atoms with van der Waals surface area (Å²) in [4.78, 5) is 75.0. The summed E-state index contributed by atoms with van der Waals surface area (Å²) in [6.07, 6.45) is -9.05. The number of aromatic hydroxyl groups is 1. The van der Waals surface area contributed by atoms with Crippen LogP contribution in [0.15, 0.2) is 132 Å². The number of carboxylic acids is 2. The van der Waals surface area contributed by atoms with Crippen molar-refractivity contribution in [2.45, 2.75) is 76.2 Å². The molecule has 1 aromatic heterocycles. The molecule has 7 rings (SSSR count). The number of nitrogens with one attached hydrogen (secondary N) is 4. The van der Waals surface area contributed by atoms with Crippen LogP contribution in [0, 0.1) is 0 Å². The van der Waals surface area contributed by atoms with E-state index in [1.807, 2.05) is 104 Å². The number of aliphatic hydroxyl groups is 1. The van der Waals surface area contributed by atoms with E-state index in [1.54, 1.807) is 24.1 Å². The van der Waals surface area contributed by atoms with Crippen LogP contribution in [-0.4, -0.2) is 118 Å². The predicted octanol–water partition coefficient (Wildman–Crippen LogP) is 8.35. The molecule has 3 amide bonds. The van der Waals surface area contributed by atoms with Gasteiger partial charge in [-0.1, -0.05) is 91.0 Å². The van der Waals surface area contributed by atoms with E-state index in [4.69, 9.17) is 24.5 Å². The van der Waals surface area contributed by atoms with Gasteiger partial charge >= 0.3 is 30.4 Å². The molecule has 1 aliphatic heterocycles. The van der Waals surface area contributed by atoms with Crippen molar-refractivity contribution in [3.8, 4) is 16.9 Å². The number of carbonyl (C=O) groups is 5. The predicted molar refractivity (Wildman–Crippen MR) is 278 cm³/mol. The minimum Gasteiger partial charge on any atom is -0.506 e. The molecular formula is C55H58F6N6O11. The topological polar surface area (TPSA) is 251 Å². The highest BCUT2D eigenvalue weighted by atomic mass is 19.4. The molecule has 8 N–H and O–H groups in total. The third-order valence-corrected chi connectivity index (χ3v) is 12.2. The van der Waals surface area contributed by atoms with Crippen LogP contribution in [0.2, 0.25) is 0 Å². The quantitative estimate of drug-likeness (QED) is 0.0401. The number of carbonyl (C=O) groups excluding carboxylic acids is 3. The lowest BCUT2D eigenvalue weighted by Gasteiger charge is -2.31. The highest BCUT2D eigenvalue weighted by Gasteiger charge is 2.39. The molecule has 0 bridgehead atoms. The monoisotopic (exact) mass is 1090 g/mol. The molecular weight excluding hydrogens is 1030 g/mol. The summed E-state index contributed by atoms with van der Waals surface area (Å²) in [5, 5.41) is 45.3. The van der Waals surface area contributed by atoms with Gasteiger partial charge in [-0.15, -0.1) is 0 Å². The number of rotatable bonds is 17. The van der Waals surface area contributed by atoms with E-state index < -0.39 is 36.5 Å². The third-order valence-electron chi connectivity index (χ3n) is 12.2. The average molecular weight is 1090 g/mol. The third kappa shape index (κ3) is 19.1. The number of ether oxygens (including phenoxy) is 1. The van der Waals surface area contributed by atoms with Gasteiger partial charge in [-0.05, 0) is 84.3 Å². The number of H-pyrrole nitrogens is 1. The minimum atomic E-state index is -5.08. The minimum absolute atomic E-state index is 0.00676. The number of phenols is 1. The van der Waals surface area contributed by atoms with E-state index in [-0.39, 0.29) is 48.2 Å². The number of halogens is 6. The number of phenolic OH excluding ortho intramolecular Hbond substituents is 1. The molecule has 23 heteroatoms. The van der Waals surface area contributed by atoms with Gasteiger partial charge < -0.3 is 50.6 Å². The number of para-hydroxylation sites is 1. The number of piperidine rings is 1. The highest BCUT2D eigenvalue weighted by molar-refractivity contribution is 5.93. The molecule has 1 saturated heterocycles. The first-order valence-electron chi connectivity index (χ1n) is 24.3. The molecule has 0 radical (unpaired) electrons. The van der Waals surface area contributed by atoms with Crippen LogP contribution in [0.1, 0.15) is 54.5 Å². The lowest BCUT2D eigenvalue weighted by Crippen LogP contribution is -2.40. The summed E-state index contributed by atoms with van der Waals surface area (Å²) < 4.78 is 69.3. The summed E-state index contributed by atoms with van der Waals surface area (Å²) in [6.45, 7) is 4.76. The number of hydrogen-bond donors (Lipinski definition) is 8. The number of nitrogens with zero attached hydrogens (tertiary/aromatic N) is 2. The fourth-order valence-electron chi connectivity index (χ4n) is 8.12. The van der Waals surface area contributed by atoms with Gasteiger partial charge in [-0.3, -0.25) is 19.7 Å². The second-order valence-corrected chi connectivity index (χ2v) is 18.0. The number of anilines is 2. The zero-order valence-electron chi connectivity index (χ0n) is 42.2. The molecule has 78 heavy (non-hydrogen) atoms. The molecule has 0 saturated carbocycles. The van der Waals surface area contributed by atoms with Gasteiger partial charge in [0.2, 0.25) is 17.4 Å². The standard InChI is InChI=1S/C51H56N6O7.2C2HF3O2/c1-34(52-33-46(59)42-19-21-45(58)50-43(42)20-22-47(60)55-50)29-36-9-8-10-37(30-36)32-53-48(61)31-35-15-17-39(18-16-35)56(2)49(62)25-28-57-26-23-40(24-27-57)64-51(63)54-44-14-7-6-13-41(44)38-11-4-3-5-12-38;2*3-2(4,5)1(6)7/h3-22,30,34,40,46,52,58-59H,23-29,31-33H2,1-2H3,(H,53,61)(H,54,63)(H,55,60);2*(H,6,7)/t34-,46-;;/m0../s1. The smallest absolute Gasteiger partial charge is 0.490 e. The normalized spacial score (nSPS) is 13.6. The van der Waals surface area contributed by atoms with Crippen LogP contribution < -0.4 is 26.4 Å². The van der Waals surface area contributed by atoms with E-state index in [9.17, 15) is 55.7 Å². The lowest BCUT2D eigenvalue weighted by atomic mass is 10.0. The summed E-state index contributed by atoms with van der Waals surface area (Å²) >= 11 is 0. The molecule has 416 valence electrons. The number of aromatic amines is 1. The Hall–Kier alpha value is -8.28. The Morgan fingerprint density at radius 2 is 1.40 bits per heavy atom. The molecule has 1 aliphatic rings. The van der Waals surface area contributed by atoms with Gasteiger partial charge in [0.15, 0.2) is 0 Å². The number of likely N-dealkylation sites (tertiary alicyclic amines) is 1. The Balaban J connectivity index is 0.000000706. The molecule has 17 nitrogen and oxygen atoms in total. The number of benzene rings is 5. The van der Waals surface area contributed by atoms with Crippen molar-refractivity contribution in [3.05, 3.63) is 160 Å². The lowest BCUT2D eigenvalue weighted by molar-refractivity contribution is -0.193. The van der Waals surface area contributed by atoms with Gasteiger partial charge in [0.1, 0.15) is 11.9 Å². The second-order valence-electron chi connectivity index (χ2n) is 18.0. The number of aliphatic carboxylic acids is 2. The average Bonchev–Trinajstić information content (AvgIpc) is 3.42. The number of amides is 3. The van der Waals surface area contributed by atoms with Crippen molar-refractivity contribution < 1.29 is 75.5 Å². The molecule has 6 aromatic rings. The Morgan fingerprint density at radius 3 is 2.04 bits per heavy atom. The summed E-state index contributed by atoms with van der Waals surface area (Å²) in [5.74, 6) is -5.68. The maximum absolute atomic E-state index is 13.2. The summed E-state index contributed by atoms with van der Waals surface area (Å²) in [5.41, 5.74) is 6.86. The Bertz CT molecular complexity index is 3020. The van der Waals surface area contributed by atoms with E-state index >= 15 is 0 Å². The molecule has 1 fully saturated rings. The molecule has 5 aromatic carbocycles. The van der Waals surface area contributed by atoms with Crippen LogP contribution in [0.4, 0.5) is 42.5 Å². The van der Waals surface area contributed by atoms with Gasteiger partial charge in [0.25, 0.3) is 0 Å². The highest BCUT2D eigenvalue weighted by Crippen LogP contribution is 2.30. The van der Waals surface area contributed by atoms with Crippen LogP contribution in [0.25, 0.3) is 22.0 Å².